The maximum Gasteiger partial charge on any atom is 0.161 e. The summed E-state index contributed by atoms with van der Waals surface area (Å²) in [7, 11) is 7.54. The molecule has 4 aromatic rings. The third kappa shape index (κ3) is 5.25. The van der Waals surface area contributed by atoms with Gasteiger partial charge in [-0.2, -0.15) is 0 Å². The fourth-order valence-corrected chi connectivity index (χ4v) is 5.89. The van der Waals surface area contributed by atoms with Crippen molar-refractivity contribution >= 4 is 16.6 Å². The van der Waals surface area contributed by atoms with Crippen LogP contribution in [0.25, 0.3) is 22.2 Å². The Hall–Kier alpha value is -3.44. The standard InChI is InChI=1S/C33H41N3O2/c1-22(2)32-28-19-25(9-13-29(28)34-33(32)26-10-14-30(37-5)31(20-26)38-6)24-15-17-36(18-16-24)21-23-7-11-27(12-8-23)35(3)4/h7-14,19-20,22,24,34H,15-18,21H2,1-6H3. The first-order valence-electron chi connectivity index (χ1n) is 13.7. The number of H-pyrrole nitrogens is 1. The fraction of sp³-hybridized carbons (Fsp3) is 0.394. The second-order valence-electron chi connectivity index (χ2n) is 11.1. The van der Waals surface area contributed by atoms with Gasteiger partial charge in [-0.3, -0.25) is 4.90 Å². The Balaban J connectivity index is 1.35. The molecule has 200 valence electrons. The number of aromatic amines is 1. The zero-order valence-corrected chi connectivity index (χ0v) is 23.7. The second kappa shape index (κ2) is 11.1. The number of nitrogens with one attached hydrogen (secondary N) is 1. The topological polar surface area (TPSA) is 40.7 Å². The number of aromatic nitrogens is 1. The Kier molecular flexibility index (Phi) is 7.66. The highest BCUT2D eigenvalue weighted by molar-refractivity contribution is 5.92. The molecule has 1 saturated heterocycles. The van der Waals surface area contributed by atoms with Crippen molar-refractivity contribution in [1.82, 2.24) is 9.88 Å². The first-order valence-corrected chi connectivity index (χ1v) is 13.7. The largest absolute Gasteiger partial charge is 0.493 e. The number of ether oxygens (including phenoxy) is 2. The summed E-state index contributed by atoms with van der Waals surface area (Å²) in [6.07, 6.45) is 2.40. The summed E-state index contributed by atoms with van der Waals surface area (Å²) < 4.78 is 11.0. The minimum atomic E-state index is 0.392. The summed E-state index contributed by atoms with van der Waals surface area (Å²) in [5.74, 6) is 2.49. The van der Waals surface area contributed by atoms with Gasteiger partial charge in [0.2, 0.25) is 0 Å². The zero-order valence-electron chi connectivity index (χ0n) is 23.7. The van der Waals surface area contributed by atoms with Gasteiger partial charge < -0.3 is 19.4 Å². The van der Waals surface area contributed by atoms with Gasteiger partial charge in [0.1, 0.15) is 0 Å². The number of hydrogen-bond acceptors (Lipinski definition) is 4. The van der Waals surface area contributed by atoms with Crippen LogP contribution in [0.4, 0.5) is 5.69 Å². The van der Waals surface area contributed by atoms with E-state index in [0.29, 0.717) is 11.8 Å². The lowest BCUT2D eigenvalue weighted by atomic mass is 9.87. The molecule has 0 unspecified atom stereocenters. The molecule has 1 aliphatic rings. The lowest BCUT2D eigenvalue weighted by Gasteiger charge is -2.32. The Morgan fingerprint density at radius 1 is 0.895 bits per heavy atom. The molecule has 5 heteroatoms. The number of likely N-dealkylation sites (tertiary alicyclic amines) is 1. The molecule has 1 N–H and O–H groups in total. The summed E-state index contributed by atoms with van der Waals surface area (Å²) in [6, 6.07) is 22.2. The molecule has 2 heterocycles. The predicted octanol–water partition coefficient (Wildman–Crippen LogP) is 7.42. The first-order chi connectivity index (χ1) is 18.4. The third-order valence-electron chi connectivity index (χ3n) is 8.03. The lowest BCUT2D eigenvalue weighted by Crippen LogP contribution is -2.32. The minimum Gasteiger partial charge on any atom is -0.493 e. The van der Waals surface area contributed by atoms with Crippen LogP contribution in [0, 0.1) is 0 Å². The summed E-state index contributed by atoms with van der Waals surface area (Å²) in [4.78, 5) is 8.47. The number of fused-ring (bicyclic) bond motifs is 1. The highest BCUT2D eigenvalue weighted by Gasteiger charge is 2.23. The second-order valence-corrected chi connectivity index (χ2v) is 11.1. The van der Waals surface area contributed by atoms with Gasteiger partial charge in [-0.1, -0.05) is 32.0 Å². The van der Waals surface area contributed by atoms with Gasteiger partial charge in [-0.05, 0) is 96.9 Å². The molecule has 0 saturated carbocycles. The van der Waals surface area contributed by atoms with Gasteiger partial charge in [0.05, 0.1) is 19.9 Å². The highest BCUT2D eigenvalue weighted by atomic mass is 16.5. The Labute approximate surface area is 227 Å². The van der Waals surface area contributed by atoms with E-state index in [-0.39, 0.29) is 0 Å². The van der Waals surface area contributed by atoms with Gasteiger partial charge in [-0.15, -0.1) is 0 Å². The van der Waals surface area contributed by atoms with Crippen molar-refractivity contribution in [1.29, 1.82) is 0 Å². The molecule has 0 bridgehead atoms. The van der Waals surface area contributed by atoms with E-state index in [9.17, 15) is 0 Å². The van der Waals surface area contributed by atoms with Crippen LogP contribution in [0.2, 0.25) is 0 Å². The summed E-state index contributed by atoms with van der Waals surface area (Å²) in [6.45, 7) is 7.87. The number of rotatable bonds is 8. The van der Waals surface area contributed by atoms with Crippen molar-refractivity contribution in [2.45, 2.75) is 45.1 Å². The molecule has 5 rings (SSSR count). The van der Waals surface area contributed by atoms with E-state index in [4.69, 9.17) is 9.47 Å². The van der Waals surface area contributed by atoms with Gasteiger partial charge in [0.15, 0.2) is 11.5 Å². The van der Waals surface area contributed by atoms with E-state index in [1.54, 1.807) is 14.2 Å². The SMILES string of the molecule is COc1ccc(-c2[nH]c3ccc(C4CCN(Cc5ccc(N(C)C)cc5)CC4)cc3c2C(C)C)cc1OC. The van der Waals surface area contributed by atoms with E-state index in [2.05, 4.69) is 97.3 Å². The number of nitrogens with zero attached hydrogens (tertiary/aromatic N) is 2. The molecule has 5 nitrogen and oxygen atoms in total. The van der Waals surface area contributed by atoms with Crippen molar-refractivity contribution in [3.05, 3.63) is 77.4 Å². The molecular formula is C33H41N3O2. The van der Waals surface area contributed by atoms with Gasteiger partial charge >= 0.3 is 0 Å². The minimum absolute atomic E-state index is 0.392. The summed E-state index contributed by atoms with van der Waals surface area (Å²) in [5.41, 5.74) is 8.97. The number of hydrogen-bond donors (Lipinski definition) is 1. The van der Waals surface area contributed by atoms with E-state index in [1.807, 2.05) is 6.07 Å². The number of methoxy groups -OCH3 is 2. The Bertz CT molecular complexity index is 1380. The van der Waals surface area contributed by atoms with Crippen LogP contribution in [0.5, 0.6) is 11.5 Å². The highest BCUT2D eigenvalue weighted by Crippen LogP contribution is 2.40. The Morgan fingerprint density at radius 3 is 2.24 bits per heavy atom. The summed E-state index contributed by atoms with van der Waals surface area (Å²) >= 11 is 0. The van der Waals surface area contributed by atoms with Crippen LogP contribution < -0.4 is 14.4 Å². The quantitative estimate of drug-likeness (QED) is 0.267. The number of benzene rings is 3. The molecule has 38 heavy (non-hydrogen) atoms. The van der Waals surface area contributed by atoms with Gasteiger partial charge in [0.25, 0.3) is 0 Å². The van der Waals surface area contributed by atoms with Crippen molar-refractivity contribution < 1.29 is 9.47 Å². The van der Waals surface area contributed by atoms with Crippen molar-refractivity contribution in [2.75, 3.05) is 46.3 Å². The van der Waals surface area contributed by atoms with E-state index < -0.39 is 0 Å². The molecule has 0 radical (unpaired) electrons. The smallest absolute Gasteiger partial charge is 0.161 e. The van der Waals surface area contributed by atoms with Crippen molar-refractivity contribution in [3.63, 3.8) is 0 Å². The number of piperidine rings is 1. The van der Waals surface area contributed by atoms with E-state index in [1.165, 1.54) is 51.8 Å². The monoisotopic (exact) mass is 511 g/mol. The molecular weight excluding hydrogens is 470 g/mol. The zero-order chi connectivity index (χ0) is 26.8. The van der Waals surface area contributed by atoms with E-state index >= 15 is 0 Å². The predicted molar refractivity (Wildman–Crippen MR) is 159 cm³/mol. The van der Waals surface area contributed by atoms with Crippen molar-refractivity contribution in [2.24, 2.45) is 0 Å². The fourth-order valence-electron chi connectivity index (χ4n) is 5.89. The lowest BCUT2D eigenvalue weighted by molar-refractivity contribution is 0.204. The molecule has 1 fully saturated rings. The normalized spacial score (nSPS) is 14.8. The molecule has 0 aliphatic carbocycles. The van der Waals surface area contributed by atoms with Crippen LogP contribution in [0.15, 0.2) is 60.7 Å². The van der Waals surface area contributed by atoms with Crippen molar-refractivity contribution in [3.8, 4) is 22.8 Å². The van der Waals surface area contributed by atoms with Crippen LogP contribution in [0.1, 0.15) is 55.2 Å². The molecule has 0 spiro atoms. The maximum absolute atomic E-state index is 5.59. The average molecular weight is 512 g/mol. The molecule has 3 aromatic carbocycles. The molecule has 0 amide bonds. The molecule has 1 aliphatic heterocycles. The van der Waals surface area contributed by atoms with Crippen LogP contribution in [-0.4, -0.2) is 51.3 Å². The van der Waals surface area contributed by atoms with Gasteiger partial charge in [0, 0.05) is 42.8 Å². The molecule has 1 aromatic heterocycles. The first kappa shape index (κ1) is 26.2. The molecule has 0 atom stereocenters. The van der Waals surface area contributed by atoms with Crippen LogP contribution >= 0.6 is 0 Å². The number of anilines is 1. The van der Waals surface area contributed by atoms with E-state index in [0.717, 1.165) is 36.7 Å². The third-order valence-corrected chi connectivity index (χ3v) is 8.03. The maximum atomic E-state index is 5.59. The summed E-state index contributed by atoms with van der Waals surface area (Å²) in [5, 5.41) is 1.34. The Morgan fingerprint density at radius 2 is 1.61 bits per heavy atom. The van der Waals surface area contributed by atoms with Crippen LogP contribution in [0.3, 0.4) is 0 Å². The average Bonchev–Trinajstić information content (AvgIpc) is 3.32. The van der Waals surface area contributed by atoms with Crippen LogP contribution in [-0.2, 0) is 6.54 Å². The van der Waals surface area contributed by atoms with Gasteiger partial charge in [-0.25, -0.2) is 0 Å².